The van der Waals surface area contributed by atoms with Crippen molar-refractivity contribution in [3.05, 3.63) is 23.9 Å². The molecule has 0 aliphatic rings. The van der Waals surface area contributed by atoms with Crippen molar-refractivity contribution >= 4 is 5.84 Å². The van der Waals surface area contributed by atoms with Gasteiger partial charge in [-0.2, -0.15) is 0 Å². The molecule has 1 aromatic rings. The summed E-state index contributed by atoms with van der Waals surface area (Å²) in [6, 6.07) is 3.49. The Morgan fingerprint density at radius 1 is 1.56 bits per heavy atom. The largest absolute Gasteiger partial charge is 0.477 e. The minimum Gasteiger partial charge on any atom is -0.477 e. The van der Waals surface area contributed by atoms with E-state index >= 15 is 0 Å². The molecule has 0 fully saturated rings. The molecule has 4 nitrogen and oxygen atoms in total. The second-order valence-electron chi connectivity index (χ2n) is 4.15. The minimum absolute atomic E-state index is 0.00744. The highest BCUT2D eigenvalue weighted by Gasteiger charge is 2.06. The van der Waals surface area contributed by atoms with E-state index in [0.717, 1.165) is 12.8 Å². The van der Waals surface area contributed by atoms with Crippen LogP contribution in [0.1, 0.15) is 32.3 Å². The fourth-order valence-electron chi connectivity index (χ4n) is 1.37. The number of hydrogen-bond donors (Lipinski definition) is 2. The summed E-state index contributed by atoms with van der Waals surface area (Å²) >= 11 is 0. The van der Waals surface area contributed by atoms with Gasteiger partial charge < -0.3 is 10.5 Å². The molecule has 0 unspecified atom stereocenters. The lowest BCUT2D eigenvalue weighted by Crippen LogP contribution is -2.14. The number of pyridine rings is 1. The molecule has 1 heterocycles. The second kappa shape index (κ2) is 6.10. The van der Waals surface area contributed by atoms with E-state index < -0.39 is 0 Å². The fraction of sp³-hybridized carbons (Fsp3) is 0.500. The Balaban J connectivity index is 2.50. The summed E-state index contributed by atoms with van der Waals surface area (Å²) < 4.78 is 5.52. The lowest BCUT2D eigenvalue weighted by atomic mass is 10.1. The lowest BCUT2D eigenvalue weighted by Gasteiger charge is -2.09. The van der Waals surface area contributed by atoms with Gasteiger partial charge in [0, 0.05) is 6.20 Å². The summed E-state index contributed by atoms with van der Waals surface area (Å²) in [6.45, 7) is 4.99. The van der Waals surface area contributed by atoms with Crippen molar-refractivity contribution in [1.82, 2.24) is 4.98 Å². The summed E-state index contributed by atoms with van der Waals surface area (Å²) in [5.74, 6) is 1.13. The number of nitrogens with two attached hydrogens (primary N) is 1. The Morgan fingerprint density at radius 2 is 2.31 bits per heavy atom. The van der Waals surface area contributed by atoms with Crippen molar-refractivity contribution in [2.24, 2.45) is 11.7 Å². The number of nitrogens with one attached hydrogen (secondary N) is 1. The quantitative estimate of drug-likeness (QED) is 0.439. The topological polar surface area (TPSA) is 72.0 Å². The van der Waals surface area contributed by atoms with E-state index in [9.17, 15) is 0 Å². The van der Waals surface area contributed by atoms with Crippen LogP contribution in [0, 0.1) is 11.3 Å². The Bertz CT molecular complexity index is 350. The highest BCUT2D eigenvalue weighted by molar-refractivity contribution is 5.96. The molecule has 0 amide bonds. The number of nitrogen functional groups attached to an aromatic ring is 1. The standard InChI is InChI=1S/C12H19N3O/c1-9(2)5-4-8-16-12-10(11(13)14)6-3-7-15-12/h3,6-7,9H,4-5,8H2,1-2H3,(H3,13,14). The number of ether oxygens (including phenoxy) is 1. The van der Waals surface area contributed by atoms with Crippen molar-refractivity contribution in [1.29, 1.82) is 5.41 Å². The van der Waals surface area contributed by atoms with Crippen molar-refractivity contribution in [2.75, 3.05) is 6.61 Å². The monoisotopic (exact) mass is 221 g/mol. The number of hydrogen-bond acceptors (Lipinski definition) is 3. The first kappa shape index (κ1) is 12.5. The van der Waals surface area contributed by atoms with Gasteiger partial charge in [0.2, 0.25) is 5.88 Å². The summed E-state index contributed by atoms with van der Waals surface area (Å²) in [5, 5.41) is 7.38. The predicted molar refractivity (Wildman–Crippen MR) is 64.8 cm³/mol. The van der Waals surface area contributed by atoms with Gasteiger partial charge in [0.25, 0.3) is 0 Å². The maximum atomic E-state index is 7.38. The average Bonchev–Trinajstić information content (AvgIpc) is 2.24. The number of nitrogens with zero attached hydrogens (tertiary/aromatic N) is 1. The molecule has 0 aliphatic heterocycles. The molecule has 0 aliphatic carbocycles. The number of rotatable bonds is 6. The van der Waals surface area contributed by atoms with E-state index in [-0.39, 0.29) is 5.84 Å². The molecular weight excluding hydrogens is 202 g/mol. The highest BCUT2D eigenvalue weighted by atomic mass is 16.5. The molecule has 88 valence electrons. The summed E-state index contributed by atoms with van der Waals surface area (Å²) in [7, 11) is 0. The summed E-state index contributed by atoms with van der Waals surface area (Å²) in [5.41, 5.74) is 5.99. The van der Waals surface area contributed by atoms with Crippen LogP contribution in [0.2, 0.25) is 0 Å². The zero-order chi connectivity index (χ0) is 12.0. The van der Waals surface area contributed by atoms with Crippen molar-refractivity contribution < 1.29 is 4.74 Å². The zero-order valence-electron chi connectivity index (χ0n) is 9.86. The van der Waals surface area contributed by atoms with Crippen LogP contribution in [0.4, 0.5) is 0 Å². The SMILES string of the molecule is CC(C)CCCOc1ncccc1C(=N)N. The van der Waals surface area contributed by atoms with Gasteiger partial charge in [0.05, 0.1) is 12.2 Å². The van der Waals surface area contributed by atoms with E-state index in [0.29, 0.717) is 24.0 Å². The van der Waals surface area contributed by atoms with Gasteiger partial charge >= 0.3 is 0 Å². The van der Waals surface area contributed by atoms with Crippen LogP contribution in [-0.4, -0.2) is 17.4 Å². The molecule has 1 rings (SSSR count). The van der Waals surface area contributed by atoms with E-state index in [1.165, 1.54) is 0 Å². The Labute approximate surface area is 96.3 Å². The van der Waals surface area contributed by atoms with Gasteiger partial charge in [0.15, 0.2) is 0 Å². The van der Waals surface area contributed by atoms with Crippen LogP contribution >= 0.6 is 0 Å². The van der Waals surface area contributed by atoms with E-state index in [1.54, 1.807) is 18.3 Å². The first-order chi connectivity index (χ1) is 7.61. The smallest absolute Gasteiger partial charge is 0.224 e. The number of amidine groups is 1. The van der Waals surface area contributed by atoms with Crippen LogP contribution in [0.25, 0.3) is 0 Å². The second-order valence-corrected chi connectivity index (χ2v) is 4.15. The Hall–Kier alpha value is -1.58. The van der Waals surface area contributed by atoms with Crippen molar-refractivity contribution in [2.45, 2.75) is 26.7 Å². The third kappa shape index (κ3) is 3.88. The van der Waals surface area contributed by atoms with Crippen molar-refractivity contribution in [3.63, 3.8) is 0 Å². The molecule has 1 aromatic heterocycles. The summed E-state index contributed by atoms with van der Waals surface area (Å²) in [4.78, 5) is 4.07. The maximum Gasteiger partial charge on any atom is 0.224 e. The zero-order valence-corrected chi connectivity index (χ0v) is 9.86. The number of aromatic nitrogens is 1. The molecule has 0 spiro atoms. The third-order valence-corrected chi connectivity index (χ3v) is 2.23. The van der Waals surface area contributed by atoms with Crippen LogP contribution in [0.15, 0.2) is 18.3 Å². The molecule has 16 heavy (non-hydrogen) atoms. The molecule has 3 N–H and O–H groups in total. The first-order valence-corrected chi connectivity index (χ1v) is 5.53. The molecule has 0 bridgehead atoms. The highest BCUT2D eigenvalue weighted by Crippen LogP contribution is 2.14. The normalized spacial score (nSPS) is 10.4. The molecule has 4 heteroatoms. The first-order valence-electron chi connectivity index (χ1n) is 5.53. The van der Waals surface area contributed by atoms with Gasteiger partial charge in [-0.05, 0) is 30.9 Å². The average molecular weight is 221 g/mol. The molecule has 0 atom stereocenters. The third-order valence-electron chi connectivity index (χ3n) is 2.23. The molecule has 0 aromatic carbocycles. The molecule has 0 saturated heterocycles. The van der Waals surface area contributed by atoms with E-state index in [2.05, 4.69) is 18.8 Å². The van der Waals surface area contributed by atoms with Gasteiger partial charge in [-0.25, -0.2) is 4.98 Å². The van der Waals surface area contributed by atoms with Crippen molar-refractivity contribution in [3.8, 4) is 5.88 Å². The van der Waals surface area contributed by atoms with Crippen LogP contribution in [-0.2, 0) is 0 Å². The maximum absolute atomic E-state index is 7.38. The van der Waals surface area contributed by atoms with Crippen LogP contribution < -0.4 is 10.5 Å². The molecular formula is C12H19N3O. The van der Waals surface area contributed by atoms with Gasteiger partial charge in [-0.1, -0.05) is 13.8 Å². The Kier molecular flexibility index (Phi) is 4.76. The van der Waals surface area contributed by atoms with E-state index in [4.69, 9.17) is 15.9 Å². The summed E-state index contributed by atoms with van der Waals surface area (Å²) in [6.07, 6.45) is 3.76. The van der Waals surface area contributed by atoms with Gasteiger partial charge in [-0.3, -0.25) is 5.41 Å². The van der Waals surface area contributed by atoms with Gasteiger partial charge in [-0.15, -0.1) is 0 Å². The Morgan fingerprint density at radius 3 is 2.94 bits per heavy atom. The molecule has 0 saturated carbocycles. The van der Waals surface area contributed by atoms with E-state index in [1.807, 2.05) is 0 Å². The minimum atomic E-state index is -0.00744. The fourth-order valence-corrected chi connectivity index (χ4v) is 1.37. The van der Waals surface area contributed by atoms with Crippen LogP contribution in [0.5, 0.6) is 5.88 Å². The molecule has 0 radical (unpaired) electrons. The predicted octanol–water partition coefficient (Wildman–Crippen LogP) is 2.18. The van der Waals surface area contributed by atoms with Crippen LogP contribution in [0.3, 0.4) is 0 Å². The van der Waals surface area contributed by atoms with Gasteiger partial charge in [0.1, 0.15) is 5.84 Å². The lowest BCUT2D eigenvalue weighted by molar-refractivity contribution is 0.286.